The molecule has 0 heterocycles. The maximum absolute atomic E-state index is 10.7. The van der Waals surface area contributed by atoms with Crippen LogP contribution in [0.1, 0.15) is 0 Å². The van der Waals surface area contributed by atoms with Crippen LogP contribution in [0.4, 0.5) is 5.69 Å². The highest BCUT2D eigenvalue weighted by atomic mass is 127. The normalized spacial score (nSPS) is 10.4. The Labute approximate surface area is 106 Å². The molecule has 2 aromatic rings. The van der Waals surface area contributed by atoms with Crippen molar-refractivity contribution in [1.82, 2.24) is 0 Å². The summed E-state index contributed by atoms with van der Waals surface area (Å²) in [6, 6.07) is 8.66. The molecule has 2 aromatic carbocycles. The molecule has 0 saturated carbocycles. The number of non-ortho nitro benzene ring substituents is 1. The third-order valence-electron chi connectivity index (χ3n) is 2.30. The molecule has 0 amide bonds. The van der Waals surface area contributed by atoms with Crippen LogP contribution >= 0.6 is 22.6 Å². The average molecular weight is 329 g/mol. The smallest absolute Gasteiger partial charge is 0.271 e. The fraction of sp³-hybridized carbons (Fsp3) is 0.0909. The molecule has 0 unspecified atom stereocenters. The van der Waals surface area contributed by atoms with E-state index in [2.05, 4.69) is 22.6 Å². The predicted octanol–water partition coefficient (Wildman–Crippen LogP) is 3.36. The number of benzene rings is 2. The van der Waals surface area contributed by atoms with Crippen LogP contribution in [0.25, 0.3) is 10.8 Å². The lowest BCUT2D eigenvalue weighted by molar-refractivity contribution is -0.384. The van der Waals surface area contributed by atoms with Crippen LogP contribution in [0, 0.1) is 13.7 Å². The Balaban J connectivity index is 2.72. The molecule has 0 bridgehead atoms. The third-order valence-corrected chi connectivity index (χ3v) is 3.20. The van der Waals surface area contributed by atoms with Crippen LogP contribution in [0.5, 0.6) is 5.75 Å². The molecule has 0 aliphatic rings. The van der Waals surface area contributed by atoms with Gasteiger partial charge in [0.1, 0.15) is 5.75 Å². The van der Waals surface area contributed by atoms with Crippen molar-refractivity contribution in [1.29, 1.82) is 0 Å². The number of methoxy groups -OCH3 is 1. The fourth-order valence-corrected chi connectivity index (χ4v) is 2.33. The Morgan fingerprint density at radius 1 is 1.31 bits per heavy atom. The Kier molecular flexibility index (Phi) is 2.95. The molecule has 0 radical (unpaired) electrons. The Hall–Kier alpha value is -1.37. The number of nitro benzene ring substituents is 1. The average Bonchev–Trinajstić information content (AvgIpc) is 2.28. The highest BCUT2D eigenvalue weighted by molar-refractivity contribution is 14.1. The molecule has 82 valence electrons. The topological polar surface area (TPSA) is 52.4 Å². The Morgan fingerprint density at radius 2 is 2.06 bits per heavy atom. The summed E-state index contributed by atoms with van der Waals surface area (Å²) in [4.78, 5) is 10.3. The summed E-state index contributed by atoms with van der Waals surface area (Å²) >= 11 is 2.10. The molecule has 0 aliphatic carbocycles. The van der Waals surface area contributed by atoms with E-state index in [1.54, 1.807) is 25.3 Å². The number of nitro groups is 1. The predicted molar refractivity (Wildman–Crippen MR) is 69.9 cm³/mol. The molecule has 16 heavy (non-hydrogen) atoms. The van der Waals surface area contributed by atoms with E-state index in [0.717, 1.165) is 14.3 Å². The first-order valence-corrected chi connectivity index (χ1v) is 5.61. The number of hydrogen-bond donors (Lipinski definition) is 0. The van der Waals surface area contributed by atoms with Crippen LogP contribution in [0.2, 0.25) is 0 Å². The van der Waals surface area contributed by atoms with Crippen molar-refractivity contribution in [2.45, 2.75) is 0 Å². The van der Waals surface area contributed by atoms with E-state index in [9.17, 15) is 10.1 Å². The van der Waals surface area contributed by atoms with Crippen LogP contribution in [-0.2, 0) is 0 Å². The Morgan fingerprint density at radius 3 is 2.69 bits per heavy atom. The first kappa shape index (κ1) is 11.1. The summed E-state index contributed by atoms with van der Waals surface area (Å²) in [7, 11) is 1.57. The highest BCUT2D eigenvalue weighted by Gasteiger charge is 2.10. The second kappa shape index (κ2) is 4.25. The Bertz CT molecular complexity index is 568. The summed E-state index contributed by atoms with van der Waals surface area (Å²) in [5.41, 5.74) is 0.102. The highest BCUT2D eigenvalue weighted by Crippen LogP contribution is 2.29. The second-order valence-corrected chi connectivity index (χ2v) is 4.43. The number of ether oxygens (including phenoxy) is 1. The molecule has 2 rings (SSSR count). The van der Waals surface area contributed by atoms with Gasteiger partial charge in [-0.05, 0) is 51.6 Å². The van der Waals surface area contributed by atoms with E-state index in [1.807, 2.05) is 12.1 Å². The van der Waals surface area contributed by atoms with Crippen molar-refractivity contribution in [2.24, 2.45) is 0 Å². The molecule has 0 atom stereocenters. The molecule has 5 heteroatoms. The van der Waals surface area contributed by atoms with Gasteiger partial charge in [0.05, 0.1) is 12.0 Å². The lowest BCUT2D eigenvalue weighted by atomic mass is 10.1. The van der Waals surface area contributed by atoms with Gasteiger partial charge in [0.25, 0.3) is 5.69 Å². The number of rotatable bonds is 2. The van der Waals surface area contributed by atoms with Crippen molar-refractivity contribution in [2.75, 3.05) is 7.11 Å². The third kappa shape index (κ3) is 1.95. The van der Waals surface area contributed by atoms with Gasteiger partial charge >= 0.3 is 0 Å². The maximum Gasteiger partial charge on any atom is 0.271 e. The molecule has 0 N–H and O–H groups in total. The van der Waals surface area contributed by atoms with E-state index < -0.39 is 0 Å². The lowest BCUT2D eigenvalue weighted by Gasteiger charge is -2.04. The van der Waals surface area contributed by atoms with Crippen molar-refractivity contribution in [3.63, 3.8) is 0 Å². The van der Waals surface area contributed by atoms with Crippen molar-refractivity contribution in [3.8, 4) is 5.75 Å². The first-order chi connectivity index (χ1) is 7.61. The van der Waals surface area contributed by atoms with Gasteiger partial charge in [-0.2, -0.15) is 0 Å². The summed E-state index contributed by atoms with van der Waals surface area (Å²) in [5.74, 6) is 0.698. The van der Waals surface area contributed by atoms with Gasteiger partial charge in [0, 0.05) is 15.7 Å². The zero-order valence-electron chi connectivity index (χ0n) is 8.44. The van der Waals surface area contributed by atoms with Gasteiger partial charge in [-0.25, -0.2) is 0 Å². The summed E-state index contributed by atoms with van der Waals surface area (Å²) < 4.78 is 5.96. The van der Waals surface area contributed by atoms with Crippen LogP contribution in [0.3, 0.4) is 0 Å². The summed E-state index contributed by atoms with van der Waals surface area (Å²) in [6.45, 7) is 0. The molecule has 0 aliphatic heterocycles. The van der Waals surface area contributed by atoms with Crippen molar-refractivity contribution >= 4 is 39.1 Å². The molecule has 0 spiro atoms. The number of fused-ring (bicyclic) bond motifs is 1. The van der Waals surface area contributed by atoms with E-state index >= 15 is 0 Å². The number of hydrogen-bond acceptors (Lipinski definition) is 3. The van der Waals surface area contributed by atoms with Crippen molar-refractivity contribution < 1.29 is 9.66 Å². The minimum atomic E-state index is -0.388. The molecular formula is C11H8INO3. The molecule has 0 saturated heterocycles. The van der Waals surface area contributed by atoms with Crippen LogP contribution < -0.4 is 4.74 Å². The largest absolute Gasteiger partial charge is 0.497 e. The quantitative estimate of drug-likeness (QED) is 0.482. The molecule has 4 nitrogen and oxygen atoms in total. The number of halogens is 1. The summed E-state index contributed by atoms with van der Waals surface area (Å²) in [5, 5.41) is 12.5. The van der Waals surface area contributed by atoms with E-state index in [4.69, 9.17) is 4.74 Å². The van der Waals surface area contributed by atoms with Crippen LogP contribution in [-0.4, -0.2) is 12.0 Å². The zero-order valence-corrected chi connectivity index (χ0v) is 10.6. The fourth-order valence-electron chi connectivity index (χ4n) is 1.52. The molecular weight excluding hydrogens is 321 g/mol. The monoisotopic (exact) mass is 329 g/mol. The SMILES string of the molecule is COc1ccc2c(I)cc([N+](=O)[O-])cc2c1. The lowest BCUT2D eigenvalue weighted by Crippen LogP contribution is -1.90. The van der Waals surface area contributed by atoms with E-state index in [1.165, 1.54) is 0 Å². The standard InChI is InChI=1S/C11H8INO3/c1-16-9-2-3-10-7(5-9)4-8(13(14)15)6-11(10)12/h2-6H,1H3. The van der Waals surface area contributed by atoms with Gasteiger partial charge in [-0.15, -0.1) is 0 Å². The van der Waals surface area contributed by atoms with Gasteiger partial charge in [0.2, 0.25) is 0 Å². The van der Waals surface area contributed by atoms with Crippen molar-refractivity contribution in [3.05, 3.63) is 44.0 Å². The minimum Gasteiger partial charge on any atom is -0.497 e. The zero-order chi connectivity index (χ0) is 11.7. The van der Waals surface area contributed by atoms with E-state index in [-0.39, 0.29) is 10.6 Å². The van der Waals surface area contributed by atoms with Gasteiger partial charge in [-0.3, -0.25) is 10.1 Å². The van der Waals surface area contributed by atoms with Gasteiger partial charge < -0.3 is 4.74 Å². The first-order valence-electron chi connectivity index (χ1n) is 4.53. The van der Waals surface area contributed by atoms with E-state index in [0.29, 0.717) is 5.75 Å². The maximum atomic E-state index is 10.7. The van der Waals surface area contributed by atoms with Crippen LogP contribution in [0.15, 0.2) is 30.3 Å². The second-order valence-electron chi connectivity index (χ2n) is 3.27. The molecule has 0 aromatic heterocycles. The summed E-state index contributed by atoms with van der Waals surface area (Å²) in [6.07, 6.45) is 0. The van der Waals surface area contributed by atoms with Gasteiger partial charge in [-0.1, -0.05) is 0 Å². The number of nitrogens with zero attached hydrogens (tertiary/aromatic N) is 1. The molecule has 0 fully saturated rings. The minimum absolute atomic E-state index is 0.102. The van der Waals surface area contributed by atoms with Gasteiger partial charge in [0.15, 0.2) is 0 Å².